The molecule has 1 atom stereocenters. The summed E-state index contributed by atoms with van der Waals surface area (Å²) in [4.78, 5) is 15.6. The number of carbonyl (C=O) groups is 1. The van der Waals surface area contributed by atoms with Crippen molar-refractivity contribution in [1.82, 2.24) is 4.98 Å². The molecule has 7 nitrogen and oxygen atoms in total. The zero-order valence-corrected chi connectivity index (χ0v) is 20.7. The number of aromatic nitrogens is 1. The van der Waals surface area contributed by atoms with E-state index in [1.165, 1.54) is 7.11 Å². The Balaban J connectivity index is 1.32. The van der Waals surface area contributed by atoms with Gasteiger partial charge in [0.25, 0.3) is 0 Å². The van der Waals surface area contributed by atoms with Crippen LogP contribution in [0.2, 0.25) is 0 Å². The van der Waals surface area contributed by atoms with E-state index in [-0.39, 0.29) is 31.2 Å². The van der Waals surface area contributed by atoms with Crippen molar-refractivity contribution in [3.05, 3.63) is 47.7 Å². The van der Waals surface area contributed by atoms with Crippen LogP contribution in [0.4, 0.5) is 13.2 Å². The van der Waals surface area contributed by atoms with Crippen LogP contribution in [-0.2, 0) is 16.1 Å². The number of pyridine rings is 1. The lowest BCUT2D eigenvalue weighted by Gasteiger charge is -2.30. The Labute approximate surface area is 213 Å². The van der Waals surface area contributed by atoms with E-state index >= 15 is 0 Å². The van der Waals surface area contributed by atoms with Crippen LogP contribution >= 0.6 is 0 Å². The lowest BCUT2D eigenvalue weighted by Crippen LogP contribution is -2.30. The second kappa shape index (κ2) is 12.0. The van der Waals surface area contributed by atoms with Crippen LogP contribution in [0.1, 0.15) is 62.0 Å². The first kappa shape index (κ1) is 27.0. The molecular weight excluding hydrogens is 491 g/mol. The molecule has 0 amide bonds. The van der Waals surface area contributed by atoms with Crippen LogP contribution in [-0.4, -0.2) is 48.2 Å². The van der Waals surface area contributed by atoms with Gasteiger partial charge in [-0.25, -0.2) is 4.98 Å². The molecule has 0 radical (unpaired) electrons. The normalized spacial score (nSPS) is 20.8. The van der Waals surface area contributed by atoms with Gasteiger partial charge in [0.1, 0.15) is 24.2 Å². The number of rotatable bonds is 12. The molecule has 10 heteroatoms. The fraction of sp³-hybridized carbons (Fsp3) is 0.556. The molecule has 4 rings (SSSR count). The van der Waals surface area contributed by atoms with Gasteiger partial charge in [-0.3, -0.25) is 4.79 Å². The average molecular weight is 524 g/mol. The molecule has 2 aromatic rings. The van der Waals surface area contributed by atoms with Crippen molar-refractivity contribution in [3.8, 4) is 17.4 Å². The Morgan fingerprint density at radius 1 is 1.05 bits per heavy atom. The van der Waals surface area contributed by atoms with Crippen molar-refractivity contribution in [2.45, 2.75) is 75.9 Å². The van der Waals surface area contributed by atoms with Crippen molar-refractivity contribution < 1.29 is 42.0 Å². The first-order valence-electron chi connectivity index (χ1n) is 12.5. The van der Waals surface area contributed by atoms with Gasteiger partial charge in [0.15, 0.2) is 0 Å². The molecule has 1 N–H and O–H groups in total. The van der Waals surface area contributed by atoms with Crippen LogP contribution in [0, 0.1) is 5.92 Å². The highest BCUT2D eigenvalue weighted by atomic mass is 19.4. The van der Waals surface area contributed by atoms with Crippen LogP contribution in [0.5, 0.6) is 17.4 Å². The fourth-order valence-electron chi connectivity index (χ4n) is 4.75. The molecule has 37 heavy (non-hydrogen) atoms. The minimum absolute atomic E-state index is 0.0239. The number of ether oxygens (including phenoxy) is 4. The predicted octanol–water partition coefficient (Wildman–Crippen LogP) is 5.91. The topological polar surface area (TPSA) is 87.1 Å². The number of carboxylic acid groups (broad SMARTS) is 1. The third-order valence-corrected chi connectivity index (χ3v) is 6.77. The van der Waals surface area contributed by atoms with Gasteiger partial charge in [-0.2, -0.15) is 13.2 Å². The van der Waals surface area contributed by atoms with Gasteiger partial charge in [-0.1, -0.05) is 0 Å². The van der Waals surface area contributed by atoms with Crippen molar-refractivity contribution in [2.75, 3.05) is 13.7 Å². The fourth-order valence-corrected chi connectivity index (χ4v) is 4.75. The van der Waals surface area contributed by atoms with E-state index in [2.05, 4.69) is 4.98 Å². The Hall–Kier alpha value is -3.01. The van der Waals surface area contributed by atoms with Gasteiger partial charge in [0.05, 0.1) is 26.2 Å². The first-order valence-corrected chi connectivity index (χ1v) is 12.5. The molecular formula is C27H32F3NO6. The SMILES string of the molecule is COc1ccc(COCC(F)(F)F)c(OC2CCC(Oc3cc(C(CC(=O)O)C4CC4)ccn3)CC2)c1. The predicted molar refractivity (Wildman–Crippen MR) is 128 cm³/mol. The monoisotopic (exact) mass is 523 g/mol. The summed E-state index contributed by atoms with van der Waals surface area (Å²) in [6.45, 7) is -1.54. The summed E-state index contributed by atoms with van der Waals surface area (Å²) in [7, 11) is 1.51. The molecule has 2 fully saturated rings. The molecule has 0 aliphatic heterocycles. The molecule has 202 valence electrons. The highest BCUT2D eigenvalue weighted by Crippen LogP contribution is 2.45. The van der Waals surface area contributed by atoms with Crippen molar-refractivity contribution in [1.29, 1.82) is 0 Å². The quantitative estimate of drug-likeness (QED) is 0.370. The number of hydrogen-bond donors (Lipinski definition) is 1. The van der Waals surface area contributed by atoms with E-state index in [1.54, 1.807) is 24.4 Å². The highest BCUT2D eigenvalue weighted by molar-refractivity contribution is 5.68. The van der Waals surface area contributed by atoms with E-state index in [0.29, 0.717) is 41.7 Å². The van der Waals surface area contributed by atoms with Gasteiger partial charge < -0.3 is 24.1 Å². The number of methoxy groups -OCH3 is 1. The second-order valence-electron chi connectivity index (χ2n) is 9.69. The van der Waals surface area contributed by atoms with Crippen LogP contribution in [0.3, 0.4) is 0 Å². The van der Waals surface area contributed by atoms with Crippen LogP contribution < -0.4 is 14.2 Å². The lowest BCUT2D eigenvalue weighted by molar-refractivity contribution is -0.176. The second-order valence-corrected chi connectivity index (χ2v) is 9.69. The summed E-state index contributed by atoms with van der Waals surface area (Å²) in [5.74, 6) is 1.06. The van der Waals surface area contributed by atoms with E-state index in [0.717, 1.165) is 31.2 Å². The smallest absolute Gasteiger partial charge is 0.411 e. The standard InChI is InChI=1S/C27H32F3NO6/c1-34-22-5-4-19(15-35-16-27(28,29)30)24(13-22)36-20-6-8-21(9-7-20)37-25-12-18(10-11-31-25)23(14-26(32)33)17-2-3-17/h4-5,10-13,17,20-21,23H,2-3,6-9,14-16H2,1H3,(H,32,33). The number of nitrogens with zero attached hydrogens (tertiary/aromatic N) is 1. The summed E-state index contributed by atoms with van der Waals surface area (Å²) in [6, 6.07) is 8.70. The highest BCUT2D eigenvalue weighted by Gasteiger charge is 2.34. The van der Waals surface area contributed by atoms with E-state index in [1.807, 2.05) is 12.1 Å². The zero-order chi connectivity index (χ0) is 26.4. The van der Waals surface area contributed by atoms with Gasteiger partial charge in [-0.15, -0.1) is 0 Å². The first-order chi connectivity index (χ1) is 17.7. The van der Waals surface area contributed by atoms with Gasteiger partial charge in [0, 0.05) is 23.9 Å². The third kappa shape index (κ3) is 8.24. The minimum atomic E-state index is -4.39. The Morgan fingerprint density at radius 2 is 1.76 bits per heavy atom. The average Bonchev–Trinajstić information content (AvgIpc) is 3.69. The number of aliphatic carboxylic acids is 1. The summed E-state index contributed by atoms with van der Waals surface area (Å²) >= 11 is 0. The van der Waals surface area contributed by atoms with Crippen LogP contribution in [0.25, 0.3) is 0 Å². The maximum absolute atomic E-state index is 12.5. The minimum Gasteiger partial charge on any atom is -0.497 e. The molecule has 1 heterocycles. The maximum Gasteiger partial charge on any atom is 0.411 e. The molecule has 2 aliphatic carbocycles. The molecule has 1 unspecified atom stereocenters. The number of carboxylic acids is 1. The number of alkyl halides is 3. The molecule has 0 spiro atoms. The summed E-state index contributed by atoms with van der Waals surface area (Å²) in [5, 5.41) is 9.29. The molecule has 2 aliphatic rings. The van der Waals surface area contributed by atoms with Crippen molar-refractivity contribution in [3.63, 3.8) is 0 Å². The number of hydrogen-bond acceptors (Lipinski definition) is 6. The maximum atomic E-state index is 12.5. The number of halogens is 3. The van der Waals surface area contributed by atoms with Crippen molar-refractivity contribution >= 4 is 5.97 Å². The molecule has 1 aromatic carbocycles. The summed E-state index contributed by atoms with van der Waals surface area (Å²) in [6.07, 6.45) is 2.14. The summed E-state index contributed by atoms with van der Waals surface area (Å²) < 4.78 is 59.8. The molecule has 2 saturated carbocycles. The van der Waals surface area contributed by atoms with E-state index < -0.39 is 18.8 Å². The van der Waals surface area contributed by atoms with Crippen molar-refractivity contribution in [2.24, 2.45) is 5.92 Å². The third-order valence-electron chi connectivity index (χ3n) is 6.77. The Morgan fingerprint density at radius 3 is 2.38 bits per heavy atom. The Kier molecular flexibility index (Phi) is 8.79. The Bertz CT molecular complexity index is 1050. The van der Waals surface area contributed by atoms with E-state index in [9.17, 15) is 23.1 Å². The van der Waals surface area contributed by atoms with Gasteiger partial charge in [-0.05, 0) is 74.1 Å². The van der Waals surface area contributed by atoms with Gasteiger partial charge >= 0.3 is 12.1 Å². The van der Waals surface area contributed by atoms with Crippen LogP contribution in [0.15, 0.2) is 36.5 Å². The largest absolute Gasteiger partial charge is 0.497 e. The summed E-state index contributed by atoms with van der Waals surface area (Å²) in [5.41, 5.74) is 1.47. The zero-order valence-electron chi connectivity index (χ0n) is 20.7. The molecule has 1 aromatic heterocycles. The molecule has 0 saturated heterocycles. The molecule has 0 bridgehead atoms. The van der Waals surface area contributed by atoms with E-state index in [4.69, 9.17) is 18.9 Å². The number of benzene rings is 1. The van der Waals surface area contributed by atoms with Gasteiger partial charge in [0.2, 0.25) is 5.88 Å². The lowest BCUT2D eigenvalue weighted by atomic mass is 9.91.